The minimum absolute atomic E-state index is 0.336. The standard InChI is InChI=1S/C63H45N9O3/c1-37-52(34-73-43-22-16-40(17-23-43)70-55-46-10-4-28-64-58(46)59-47(55)11-5-29-65-59)38(2)54(36-75-45-26-20-42(21-27-45)72-57-50-14-8-32-68-62(50)63-51(57)15-9-33-69-63)39(3)53(37)35-74-44-24-18-41(19-25-44)71-56-48-12-6-30-66-60(48)61-49(56)13-7-31-67-61/h4-33H,34-36H2,1-3H3. The molecule has 75 heavy (non-hydrogen) atoms. The van der Waals surface area contributed by atoms with Gasteiger partial charge >= 0.3 is 0 Å². The maximum absolute atomic E-state index is 6.60. The van der Waals surface area contributed by atoms with Crippen molar-refractivity contribution in [3.05, 3.63) is 250 Å². The molecule has 6 aromatic heterocycles. The Labute approximate surface area is 433 Å². The molecule has 0 N–H and O–H groups in total. The van der Waals surface area contributed by atoms with Crippen molar-refractivity contribution in [1.29, 1.82) is 0 Å². The molecule has 0 fully saturated rings. The van der Waals surface area contributed by atoms with Crippen LogP contribution < -0.4 is 14.2 Å². The molecule has 0 spiro atoms. The average Bonchev–Trinajstić information content (AvgIpc) is 4.08. The van der Waals surface area contributed by atoms with Crippen molar-refractivity contribution in [2.75, 3.05) is 0 Å². The largest absolute Gasteiger partial charge is 0.489 e. The van der Waals surface area contributed by atoms with E-state index >= 15 is 0 Å². The molecule has 6 heterocycles. The summed E-state index contributed by atoms with van der Waals surface area (Å²) in [4.78, 5) is 42.9. The van der Waals surface area contributed by atoms with E-state index in [2.05, 4.69) is 50.7 Å². The molecule has 12 nitrogen and oxygen atoms in total. The summed E-state index contributed by atoms with van der Waals surface area (Å²) in [5.74, 6) is 2.18. The highest BCUT2D eigenvalue weighted by molar-refractivity contribution is 6.25. The zero-order chi connectivity index (χ0) is 50.4. The Bertz CT molecular complexity index is 3410. The van der Waals surface area contributed by atoms with Gasteiger partial charge in [0, 0.05) is 70.6 Å². The van der Waals surface area contributed by atoms with Gasteiger partial charge in [-0.15, -0.1) is 0 Å². The van der Waals surface area contributed by atoms with Crippen molar-refractivity contribution in [3.8, 4) is 51.4 Å². The van der Waals surface area contributed by atoms with Crippen LogP contribution in [0.2, 0.25) is 0 Å². The van der Waals surface area contributed by atoms with Gasteiger partial charge in [0.1, 0.15) is 37.1 Å². The summed E-state index contributed by atoms with van der Waals surface area (Å²) in [7, 11) is 0. The van der Waals surface area contributed by atoms with E-state index in [0.29, 0.717) is 19.8 Å². The number of aromatic nitrogens is 6. The molecule has 360 valence electrons. The second-order valence-corrected chi connectivity index (χ2v) is 18.4. The summed E-state index contributed by atoms with van der Waals surface area (Å²) in [6.07, 6.45) is 10.7. The fourth-order valence-electron chi connectivity index (χ4n) is 10.3. The third kappa shape index (κ3) is 8.28. The molecule has 0 atom stereocenters. The van der Waals surface area contributed by atoms with Crippen LogP contribution in [0.25, 0.3) is 34.2 Å². The number of pyridine rings is 6. The van der Waals surface area contributed by atoms with Crippen LogP contribution in [-0.4, -0.2) is 47.0 Å². The Hall–Kier alpha value is -9.81. The molecule has 0 unspecified atom stereocenters. The number of hydrogen-bond donors (Lipinski definition) is 0. The Morgan fingerprint density at radius 2 is 0.507 bits per heavy atom. The second-order valence-electron chi connectivity index (χ2n) is 18.4. The lowest BCUT2D eigenvalue weighted by Crippen LogP contribution is -2.13. The number of aliphatic imine (C=N–C) groups is 3. The third-order valence-electron chi connectivity index (χ3n) is 14.1. The Balaban J connectivity index is 0.766. The van der Waals surface area contributed by atoms with Crippen molar-refractivity contribution < 1.29 is 14.2 Å². The van der Waals surface area contributed by atoms with Crippen LogP contribution in [0.5, 0.6) is 17.2 Å². The molecule has 0 radical (unpaired) electrons. The normalized spacial score (nSPS) is 12.3. The Kier molecular flexibility index (Phi) is 11.4. The predicted octanol–water partition coefficient (Wildman–Crippen LogP) is 13.2. The number of hydrogen-bond acceptors (Lipinski definition) is 12. The van der Waals surface area contributed by atoms with Crippen molar-refractivity contribution >= 4 is 34.2 Å². The van der Waals surface area contributed by atoms with Gasteiger partial charge in [-0.3, -0.25) is 29.9 Å². The van der Waals surface area contributed by atoms with Gasteiger partial charge in [-0.1, -0.05) is 0 Å². The third-order valence-corrected chi connectivity index (χ3v) is 14.1. The number of ether oxygens (including phenoxy) is 3. The van der Waals surface area contributed by atoms with E-state index in [4.69, 9.17) is 29.2 Å². The van der Waals surface area contributed by atoms with Gasteiger partial charge in [0.05, 0.1) is 68.4 Å². The van der Waals surface area contributed by atoms with E-state index in [-0.39, 0.29) is 0 Å². The first-order valence-electron chi connectivity index (χ1n) is 24.7. The lowest BCUT2D eigenvalue weighted by atomic mass is 9.89. The first kappa shape index (κ1) is 45.1. The molecule has 0 saturated carbocycles. The lowest BCUT2D eigenvalue weighted by molar-refractivity contribution is 0.290. The highest BCUT2D eigenvalue weighted by Crippen LogP contribution is 2.39. The van der Waals surface area contributed by atoms with Gasteiger partial charge in [0.2, 0.25) is 0 Å². The first-order chi connectivity index (χ1) is 36.9. The molecule has 4 aromatic carbocycles. The molecule has 3 aliphatic carbocycles. The molecule has 0 saturated heterocycles. The van der Waals surface area contributed by atoms with Gasteiger partial charge in [-0.2, -0.15) is 0 Å². The highest BCUT2D eigenvalue weighted by atomic mass is 16.5. The van der Waals surface area contributed by atoms with E-state index < -0.39 is 0 Å². The van der Waals surface area contributed by atoms with Crippen LogP contribution in [0.3, 0.4) is 0 Å². The van der Waals surface area contributed by atoms with Crippen LogP contribution in [0.15, 0.2) is 198 Å². The topological polar surface area (TPSA) is 142 Å². The number of fused-ring (bicyclic) bond motifs is 9. The van der Waals surface area contributed by atoms with Crippen molar-refractivity contribution in [3.63, 3.8) is 0 Å². The number of benzene rings is 4. The Morgan fingerprint density at radius 1 is 0.293 bits per heavy atom. The Morgan fingerprint density at radius 3 is 0.720 bits per heavy atom. The summed E-state index contributed by atoms with van der Waals surface area (Å²) in [5.41, 5.74) is 22.4. The summed E-state index contributed by atoms with van der Waals surface area (Å²) in [6.45, 7) is 7.45. The lowest BCUT2D eigenvalue weighted by Gasteiger charge is -2.23. The quantitative estimate of drug-likeness (QED) is 0.117. The van der Waals surface area contributed by atoms with Crippen LogP contribution in [0.1, 0.15) is 66.8 Å². The average molecular weight is 976 g/mol. The van der Waals surface area contributed by atoms with E-state index in [1.54, 1.807) is 37.2 Å². The molecule has 3 aliphatic rings. The fourth-order valence-corrected chi connectivity index (χ4v) is 10.3. The van der Waals surface area contributed by atoms with E-state index in [1.807, 2.05) is 146 Å². The summed E-state index contributed by atoms with van der Waals surface area (Å²) in [5, 5.41) is 0. The zero-order valence-corrected chi connectivity index (χ0v) is 41.2. The van der Waals surface area contributed by atoms with Gasteiger partial charge in [0.15, 0.2) is 0 Å². The molecular weight excluding hydrogens is 931 g/mol. The van der Waals surface area contributed by atoms with Crippen molar-refractivity contribution in [2.24, 2.45) is 15.0 Å². The highest BCUT2D eigenvalue weighted by Gasteiger charge is 2.30. The van der Waals surface area contributed by atoms with Gasteiger partial charge < -0.3 is 14.2 Å². The smallest absolute Gasteiger partial charge is 0.119 e. The molecule has 10 aromatic rings. The zero-order valence-electron chi connectivity index (χ0n) is 41.2. The monoisotopic (exact) mass is 975 g/mol. The van der Waals surface area contributed by atoms with Gasteiger partial charge in [-0.05, 0) is 200 Å². The summed E-state index contributed by atoms with van der Waals surface area (Å²) in [6, 6.07) is 47.5. The van der Waals surface area contributed by atoms with Crippen molar-refractivity contribution in [1.82, 2.24) is 29.9 Å². The minimum atomic E-state index is 0.336. The van der Waals surface area contributed by atoms with E-state index in [0.717, 1.165) is 152 Å². The van der Waals surface area contributed by atoms with Gasteiger partial charge in [-0.25, -0.2) is 15.0 Å². The summed E-state index contributed by atoms with van der Waals surface area (Å²) >= 11 is 0. The maximum Gasteiger partial charge on any atom is 0.119 e. The molecule has 0 aliphatic heterocycles. The number of rotatable bonds is 12. The predicted molar refractivity (Wildman–Crippen MR) is 291 cm³/mol. The molecule has 0 bridgehead atoms. The van der Waals surface area contributed by atoms with Crippen molar-refractivity contribution in [2.45, 2.75) is 40.6 Å². The first-order valence-corrected chi connectivity index (χ1v) is 24.7. The molecule has 0 amide bonds. The molecular formula is C63H45N9O3. The van der Waals surface area contributed by atoms with E-state index in [1.165, 1.54) is 0 Å². The van der Waals surface area contributed by atoms with E-state index in [9.17, 15) is 0 Å². The molecule has 12 heteroatoms. The second kappa shape index (κ2) is 19.0. The SMILES string of the molecule is Cc1c(COc2ccc(N=C3c4cccnc4-c4ncccc43)cc2)c(C)c(COc2ccc(N=C3c4cccnc4-c4ncccc43)cc2)c(C)c1COc1ccc(N=C2c3cccnc3-c3ncccc32)cc1. The van der Waals surface area contributed by atoms with Crippen LogP contribution in [0, 0.1) is 20.8 Å². The number of nitrogens with zero attached hydrogens (tertiary/aromatic N) is 9. The van der Waals surface area contributed by atoms with Gasteiger partial charge in [0.25, 0.3) is 0 Å². The fraction of sp³-hybridized carbons (Fsp3) is 0.0952. The minimum Gasteiger partial charge on any atom is -0.489 e. The van der Waals surface area contributed by atoms with Crippen LogP contribution in [0.4, 0.5) is 17.1 Å². The van der Waals surface area contributed by atoms with Crippen LogP contribution in [-0.2, 0) is 19.8 Å². The maximum atomic E-state index is 6.60. The molecule has 13 rings (SSSR count). The summed E-state index contributed by atoms with van der Waals surface area (Å²) < 4.78 is 19.8. The van der Waals surface area contributed by atoms with Crippen LogP contribution >= 0.6 is 0 Å².